The highest BCUT2D eigenvalue weighted by Gasteiger charge is 2.31. The molecule has 2 amide bonds. The predicted octanol–water partition coefficient (Wildman–Crippen LogP) is 4.74. The van der Waals surface area contributed by atoms with Crippen LogP contribution in [0.5, 0.6) is 0 Å². The summed E-state index contributed by atoms with van der Waals surface area (Å²) in [6.07, 6.45) is -2.18. The summed E-state index contributed by atoms with van der Waals surface area (Å²) in [6, 6.07) is 17.4. The molecule has 10 heteroatoms. The van der Waals surface area contributed by atoms with Crippen LogP contribution in [-0.4, -0.2) is 33.0 Å². The number of fused-ring (bicyclic) bond motifs is 1. The molecule has 1 aliphatic rings. The molecule has 36 heavy (non-hydrogen) atoms. The second-order valence-corrected chi connectivity index (χ2v) is 8.66. The lowest BCUT2D eigenvalue weighted by Crippen LogP contribution is -2.25. The van der Waals surface area contributed by atoms with Crippen molar-refractivity contribution >= 4 is 23.4 Å². The molecular formula is C26H22F3N5O2. The maximum Gasteiger partial charge on any atom is 0.416 e. The molecule has 0 unspecified atom stereocenters. The Morgan fingerprint density at radius 2 is 1.69 bits per heavy atom. The van der Waals surface area contributed by atoms with E-state index in [0.717, 1.165) is 36.2 Å². The monoisotopic (exact) mass is 493 g/mol. The summed E-state index contributed by atoms with van der Waals surface area (Å²) in [7, 11) is 0. The number of pyridine rings is 1. The van der Waals surface area contributed by atoms with Crippen molar-refractivity contribution in [3.63, 3.8) is 0 Å². The van der Waals surface area contributed by atoms with E-state index in [1.165, 1.54) is 12.1 Å². The van der Waals surface area contributed by atoms with Crippen molar-refractivity contribution in [1.82, 2.24) is 19.9 Å². The number of carbonyl (C=O) groups excluding carboxylic acids is 2. The lowest BCUT2D eigenvalue weighted by Gasteiger charge is -2.09. The minimum Gasteiger partial charge on any atom is -0.352 e. The second-order valence-electron chi connectivity index (χ2n) is 8.66. The van der Waals surface area contributed by atoms with E-state index in [4.69, 9.17) is 0 Å². The van der Waals surface area contributed by atoms with Crippen LogP contribution < -0.4 is 10.6 Å². The molecule has 0 aliphatic heterocycles. The Kier molecular flexibility index (Phi) is 6.17. The van der Waals surface area contributed by atoms with Crippen LogP contribution in [0.3, 0.4) is 0 Å². The lowest BCUT2D eigenvalue weighted by molar-refractivity contribution is -0.137. The van der Waals surface area contributed by atoms with Gasteiger partial charge in [0.2, 0.25) is 11.9 Å². The van der Waals surface area contributed by atoms with E-state index in [1.54, 1.807) is 34.8 Å². The Balaban J connectivity index is 1.22. The first-order valence-electron chi connectivity index (χ1n) is 11.5. The van der Waals surface area contributed by atoms with Gasteiger partial charge in [0.1, 0.15) is 0 Å². The average Bonchev–Trinajstić information content (AvgIpc) is 3.63. The Bertz CT molecular complexity index is 1410. The van der Waals surface area contributed by atoms with Gasteiger partial charge in [-0.3, -0.25) is 14.9 Å². The van der Waals surface area contributed by atoms with Crippen molar-refractivity contribution in [3.8, 4) is 11.3 Å². The summed E-state index contributed by atoms with van der Waals surface area (Å²) in [4.78, 5) is 28.9. The molecular weight excluding hydrogens is 471 g/mol. The Hall–Kier alpha value is -4.21. The quantitative estimate of drug-likeness (QED) is 0.390. The number of rotatable bonds is 7. The van der Waals surface area contributed by atoms with Gasteiger partial charge in [-0.15, -0.1) is 5.10 Å². The summed E-state index contributed by atoms with van der Waals surface area (Å²) in [5.41, 5.74) is 2.61. The van der Waals surface area contributed by atoms with Crippen LogP contribution in [-0.2, 0) is 17.4 Å². The van der Waals surface area contributed by atoms with Crippen LogP contribution in [0.15, 0.2) is 66.7 Å². The number of halogens is 3. The topological polar surface area (TPSA) is 88.4 Å². The molecule has 5 rings (SSSR count). The molecule has 2 heterocycles. The van der Waals surface area contributed by atoms with Gasteiger partial charge in [-0.1, -0.05) is 30.3 Å². The number of hydrogen-bond acceptors (Lipinski definition) is 4. The van der Waals surface area contributed by atoms with Gasteiger partial charge in [-0.2, -0.15) is 18.2 Å². The predicted molar refractivity (Wildman–Crippen MR) is 127 cm³/mol. The van der Waals surface area contributed by atoms with Crippen molar-refractivity contribution < 1.29 is 22.8 Å². The zero-order valence-electron chi connectivity index (χ0n) is 19.0. The zero-order chi connectivity index (χ0) is 25.3. The van der Waals surface area contributed by atoms with Gasteiger partial charge >= 0.3 is 6.18 Å². The Morgan fingerprint density at radius 3 is 2.36 bits per heavy atom. The number of carbonyl (C=O) groups is 2. The van der Waals surface area contributed by atoms with E-state index < -0.39 is 11.7 Å². The van der Waals surface area contributed by atoms with E-state index in [2.05, 4.69) is 20.7 Å². The molecule has 7 nitrogen and oxygen atoms in total. The average molecular weight is 493 g/mol. The molecule has 2 N–H and O–H groups in total. The van der Waals surface area contributed by atoms with Crippen molar-refractivity contribution in [3.05, 3.63) is 83.4 Å². The first-order valence-corrected chi connectivity index (χ1v) is 11.5. The molecule has 0 spiro atoms. The van der Waals surface area contributed by atoms with Crippen molar-refractivity contribution in [1.29, 1.82) is 0 Å². The summed E-state index contributed by atoms with van der Waals surface area (Å²) in [6.45, 7) is 0.291. The fourth-order valence-corrected chi connectivity index (χ4v) is 3.81. The van der Waals surface area contributed by atoms with Crippen LogP contribution in [0.1, 0.15) is 34.3 Å². The summed E-state index contributed by atoms with van der Waals surface area (Å²) >= 11 is 0. The first kappa shape index (κ1) is 23.5. The standard InChI is InChI=1S/C26H22F3N5O2/c27-26(28,29)20-12-4-16(5-13-20)14-15-30-23(35)18-8-6-17(7-9-18)21-2-1-3-22-31-25(33-34(21)22)32-24(36)19-10-11-19/h1-9,12-13,19H,10-11,14-15H2,(H,30,35)(H,32,33,36). The molecule has 0 saturated heterocycles. The first-order chi connectivity index (χ1) is 17.3. The van der Waals surface area contributed by atoms with Crippen LogP contribution in [0.25, 0.3) is 16.9 Å². The highest BCUT2D eigenvalue weighted by molar-refractivity contribution is 5.94. The Morgan fingerprint density at radius 1 is 0.972 bits per heavy atom. The molecule has 1 aliphatic carbocycles. The van der Waals surface area contributed by atoms with Gasteiger partial charge < -0.3 is 5.32 Å². The summed E-state index contributed by atoms with van der Waals surface area (Å²) < 4.78 is 39.7. The van der Waals surface area contributed by atoms with Gasteiger partial charge in [0.25, 0.3) is 5.91 Å². The maximum absolute atomic E-state index is 12.7. The largest absolute Gasteiger partial charge is 0.416 e. The van der Waals surface area contributed by atoms with Crippen LogP contribution in [0, 0.1) is 5.92 Å². The summed E-state index contributed by atoms with van der Waals surface area (Å²) in [5.74, 6) is -0.0493. The van der Waals surface area contributed by atoms with Gasteiger partial charge in [-0.05, 0) is 61.2 Å². The fraction of sp³-hybridized carbons (Fsp3) is 0.231. The molecule has 1 fully saturated rings. The SMILES string of the molecule is O=C(NCCc1ccc(C(F)(F)F)cc1)c1ccc(-c2cccc3nc(NC(=O)C4CC4)nn23)cc1. The van der Waals surface area contributed by atoms with E-state index in [1.807, 2.05) is 12.1 Å². The number of alkyl halides is 3. The minimum atomic E-state index is -4.37. The highest BCUT2D eigenvalue weighted by atomic mass is 19.4. The third-order valence-electron chi connectivity index (χ3n) is 5.97. The smallest absolute Gasteiger partial charge is 0.352 e. The maximum atomic E-state index is 12.7. The number of hydrogen-bond donors (Lipinski definition) is 2. The minimum absolute atomic E-state index is 0.0460. The van der Waals surface area contributed by atoms with E-state index in [-0.39, 0.29) is 23.7 Å². The summed E-state index contributed by atoms with van der Waals surface area (Å²) in [5, 5.41) is 9.96. The molecule has 2 aromatic carbocycles. The number of benzene rings is 2. The van der Waals surface area contributed by atoms with Crippen molar-refractivity contribution in [2.45, 2.75) is 25.4 Å². The van der Waals surface area contributed by atoms with Gasteiger partial charge in [-0.25, -0.2) is 4.52 Å². The second kappa shape index (κ2) is 9.44. The third kappa shape index (κ3) is 5.22. The lowest BCUT2D eigenvalue weighted by atomic mass is 10.1. The van der Waals surface area contributed by atoms with Crippen molar-refractivity contribution in [2.75, 3.05) is 11.9 Å². The van der Waals surface area contributed by atoms with Crippen molar-refractivity contribution in [2.24, 2.45) is 5.92 Å². The molecule has 1 saturated carbocycles. The zero-order valence-corrected chi connectivity index (χ0v) is 19.0. The number of nitrogens with one attached hydrogen (secondary N) is 2. The van der Waals surface area contributed by atoms with Gasteiger partial charge in [0, 0.05) is 23.6 Å². The Labute approximate surface area is 204 Å². The number of anilines is 1. The molecule has 0 atom stereocenters. The molecule has 0 radical (unpaired) electrons. The van der Waals surface area contributed by atoms with Gasteiger partial charge in [0.05, 0.1) is 11.3 Å². The highest BCUT2D eigenvalue weighted by Crippen LogP contribution is 2.30. The molecule has 2 aromatic heterocycles. The van der Waals surface area contributed by atoms with Crippen LogP contribution in [0.4, 0.5) is 19.1 Å². The van der Waals surface area contributed by atoms with E-state index >= 15 is 0 Å². The number of nitrogens with zero attached hydrogens (tertiary/aromatic N) is 3. The van der Waals surface area contributed by atoms with Crippen LogP contribution in [0.2, 0.25) is 0 Å². The molecule has 4 aromatic rings. The van der Waals surface area contributed by atoms with E-state index in [0.29, 0.717) is 29.7 Å². The van der Waals surface area contributed by atoms with E-state index in [9.17, 15) is 22.8 Å². The molecule has 0 bridgehead atoms. The molecule has 184 valence electrons. The normalized spacial score (nSPS) is 13.5. The fourth-order valence-electron chi connectivity index (χ4n) is 3.81. The number of aromatic nitrogens is 3. The third-order valence-corrected chi connectivity index (χ3v) is 5.97. The van der Waals surface area contributed by atoms with Gasteiger partial charge in [0.15, 0.2) is 5.65 Å². The van der Waals surface area contributed by atoms with Crippen LogP contribution >= 0.6 is 0 Å². The number of amides is 2.